The van der Waals surface area contributed by atoms with E-state index in [1.54, 1.807) is 37.3 Å². The lowest BCUT2D eigenvalue weighted by molar-refractivity contribution is 0.0973. The molecule has 0 saturated carbocycles. The molecule has 0 spiro atoms. The number of carbonyl (C=O) groups excluding carboxylic acids is 1. The number of imidazole rings is 1. The van der Waals surface area contributed by atoms with Gasteiger partial charge in [0.2, 0.25) is 0 Å². The van der Waals surface area contributed by atoms with Gasteiger partial charge in [0.05, 0.1) is 25.7 Å². The summed E-state index contributed by atoms with van der Waals surface area (Å²) in [7, 11) is 1.53. The van der Waals surface area contributed by atoms with Crippen molar-refractivity contribution in [3.63, 3.8) is 0 Å². The van der Waals surface area contributed by atoms with Crippen LogP contribution in [0.25, 0.3) is 16.9 Å². The minimum absolute atomic E-state index is 0.0886. The van der Waals surface area contributed by atoms with Gasteiger partial charge in [0, 0.05) is 12.1 Å². The number of aromatic nitrogens is 4. The van der Waals surface area contributed by atoms with Gasteiger partial charge in [-0.2, -0.15) is 0 Å². The maximum absolute atomic E-state index is 13.1. The summed E-state index contributed by atoms with van der Waals surface area (Å²) in [6, 6.07) is 14.2. The van der Waals surface area contributed by atoms with Gasteiger partial charge in [-0.1, -0.05) is 24.3 Å². The number of Topliss-reactive ketones (excluding diaryl/α,β-unsaturated/α-hetero) is 1. The Morgan fingerprint density at radius 2 is 1.87 bits per heavy atom. The molecule has 0 aliphatic heterocycles. The summed E-state index contributed by atoms with van der Waals surface area (Å²) in [5, 5.41) is 0. The normalized spacial score (nSPS) is 11.1. The first-order valence-electron chi connectivity index (χ1n) is 9.89. The maximum Gasteiger partial charge on any atom is 0.337 e. The molecule has 0 aliphatic carbocycles. The molecule has 0 bridgehead atoms. The van der Waals surface area contributed by atoms with Crippen LogP contribution in [0.3, 0.4) is 0 Å². The molecule has 31 heavy (non-hydrogen) atoms. The van der Waals surface area contributed by atoms with Gasteiger partial charge in [0.25, 0.3) is 5.56 Å². The number of nitrogens with zero attached hydrogens (tertiary/aromatic N) is 4. The molecule has 4 rings (SSSR count). The number of ketones is 1. The molecular formula is C23H22N4O4. The van der Waals surface area contributed by atoms with Crippen molar-refractivity contribution in [3.05, 3.63) is 86.8 Å². The molecule has 2 aromatic heterocycles. The minimum Gasteiger partial charge on any atom is -0.497 e. The van der Waals surface area contributed by atoms with Crippen molar-refractivity contribution in [3.8, 4) is 11.4 Å². The standard InChI is InChI=1S/C23H22N4O4/c1-4-26-22(29)20-21(27(23(26)30)17-9-5-7-15(2)11-17)24-14-25(20)13-19(28)16-8-6-10-18(12-16)31-3/h5-12,14H,4,13H2,1-3H3. The van der Waals surface area contributed by atoms with Gasteiger partial charge in [-0.15, -0.1) is 0 Å². The Bertz CT molecular complexity index is 1410. The summed E-state index contributed by atoms with van der Waals surface area (Å²) in [5.74, 6) is 0.372. The van der Waals surface area contributed by atoms with Crippen molar-refractivity contribution < 1.29 is 9.53 Å². The summed E-state index contributed by atoms with van der Waals surface area (Å²) in [6.45, 7) is 3.77. The summed E-state index contributed by atoms with van der Waals surface area (Å²) in [6.07, 6.45) is 1.43. The Hall–Kier alpha value is -3.94. The Morgan fingerprint density at radius 1 is 1.10 bits per heavy atom. The van der Waals surface area contributed by atoms with Gasteiger partial charge >= 0.3 is 5.69 Å². The van der Waals surface area contributed by atoms with Crippen molar-refractivity contribution in [2.75, 3.05) is 7.11 Å². The molecule has 2 heterocycles. The van der Waals surface area contributed by atoms with E-state index < -0.39 is 11.2 Å². The molecule has 0 N–H and O–H groups in total. The van der Waals surface area contributed by atoms with Crippen LogP contribution in [0.2, 0.25) is 0 Å². The first-order valence-corrected chi connectivity index (χ1v) is 9.89. The molecule has 0 unspecified atom stereocenters. The number of methoxy groups -OCH3 is 1. The molecule has 0 atom stereocenters. The van der Waals surface area contributed by atoms with E-state index in [0.29, 0.717) is 17.0 Å². The van der Waals surface area contributed by atoms with Gasteiger partial charge < -0.3 is 9.30 Å². The highest BCUT2D eigenvalue weighted by molar-refractivity contribution is 5.96. The fourth-order valence-electron chi connectivity index (χ4n) is 3.62. The second kappa shape index (κ2) is 8.06. The van der Waals surface area contributed by atoms with Gasteiger partial charge in [-0.05, 0) is 43.7 Å². The van der Waals surface area contributed by atoms with E-state index in [1.165, 1.54) is 22.6 Å². The monoisotopic (exact) mass is 418 g/mol. The van der Waals surface area contributed by atoms with Crippen LogP contribution in [0.4, 0.5) is 0 Å². The predicted octanol–water partition coefficient (Wildman–Crippen LogP) is 2.57. The van der Waals surface area contributed by atoms with Crippen molar-refractivity contribution in [1.82, 2.24) is 18.7 Å². The summed E-state index contributed by atoms with van der Waals surface area (Å²) in [4.78, 5) is 43.4. The number of benzene rings is 2. The molecular weight excluding hydrogens is 396 g/mol. The quantitative estimate of drug-likeness (QED) is 0.449. The highest BCUT2D eigenvalue weighted by atomic mass is 16.5. The van der Waals surface area contributed by atoms with E-state index in [-0.39, 0.29) is 30.0 Å². The van der Waals surface area contributed by atoms with E-state index in [0.717, 1.165) is 10.1 Å². The Labute approximate surface area is 178 Å². The Morgan fingerprint density at radius 3 is 2.58 bits per heavy atom. The maximum atomic E-state index is 13.1. The lowest BCUT2D eigenvalue weighted by Crippen LogP contribution is -2.39. The third-order valence-corrected chi connectivity index (χ3v) is 5.18. The number of rotatable bonds is 6. The largest absolute Gasteiger partial charge is 0.497 e. The van der Waals surface area contributed by atoms with Gasteiger partial charge in [0.1, 0.15) is 5.75 Å². The molecule has 158 valence electrons. The molecule has 8 heteroatoms. The first-order chi connectivity index (χ1) is 14.9. The van der Waals surface area contributed by atoms with Crippen LogP contribution < -0.4 is 16.0 Å². The van der Waals surface area contributed by atoms with E-state index in [4.69, 9.17) is 4.74 Å². The lowest BCUT2D eigenvalue weighted by Gasteiger charge is -2.12. The highest BCUT2D eigenvalue weighted by Gasteiger charge is 2.20. The average Bonchev–Trinajstić information content (AvgIpc) is 3.17. The van der Waals surface area contributed by atoms with Crippen LogP contribution in [0, 0.1) is 6.92 Å². The van der Waals surface area contributed by atoms with Crippen LogP contribution in [0.15, 0.2) is 64.4 Å². The van der Waals surface area contributed by atoms with Gasteiger partial charge in [-0.25, -0.2) is 14.3 Å². The summed E-state index contributed by atoms with van der Waals surface area (Å²) in [5.41, 5.74) is 1.55. The van der Waals surface area contributed by atoms with Crippen LogP contribution in [0.5, 0.6) is 5.75 Å². The van der Waals surface area contributed by atoms with E-state index in [2.05, 4.69) is 4.98 Å². The van der Waals surface area contributed by atoms with E-state index in [1.807, 2.05) is 25.1 Å². The average molecular weight is 418 g/mol. The first kappa shape index (κ1) is 20.3. The topological polar surface area (TPSA) is 88.1 Å². The number of hydrogen-bond acceptors (Lipinski definition) is 5. The lowest BCUT2D eigenvalue weighted by atomic mass is 10.1. The zero-order valence-corrected chi connectivity index (χ0v) is 17.5. The predicted molar refractivity (Wildman–Crippen MR) is 117 cm³/mol. The SMILES string of the molecule is CCn1c(=O)c2c(ncn2CC(=O)c2cccc(OC)c2)n(-c2cccc(C)c2)c1=O. The second-order valence-corrected chi connectivity index (χ2v) is 7.21. The van der Waals surface area contributed by atoms with Crippen molar-refractivity contribution in [2.45, 2.75) is 26.9 Å². The molecule has 0 saturated heterocycles. The minimum atomic E-state index is -0.470. The molecule has 0 amide bonds. The van der Waals surface area contributed by atoms with Crippen LogP contribution >= 0.6 is 0 Å². The molecule has 8 nitrogen and oxygen atoms in total. The van der Waals surface area contributed by atoms with Crippen molar-refractivity contribution in [1.29, 1.82) is 0 Å². The van der Waals surface area contributed by atoms with E-state index >= 15 is 0 Å². The third-order valence-electron chi connectivity index (χ3n) is 5.18. The number of carbonyl (C=O) groups is 1. The number of aryl methyl sites for hydroxylation is 1. The van der Waals surface area contributed by atoms with Crippen LogP contribution in [0.1, 0.15) is 22.8 Å². The fraction of sp³-hybridized carbons (Fsp3) is 0.217. The van der Waals surface area contributed by atoms with Crippen molar-refractivity contribution >= 4 is 16.9 Å². The van der Waals surface area contributed by atoms with E-state index in [9.17, 15) is 14.4 Å². The molecule has 0 aliphatic rings. The van der Waals surface area contributed by atoms with Gasteiger partial charge in [0.15, 0.2) is 16.9 Å². The summed E-state index contributed by atoms with van der Waals surface area (Å²) < 4.78 is 9.25. The van der Waals surface area contributed by atoms with Crippen molar-refractivity contribution in [2.24, 2.45) is 0 Å². The molecule has 2 aromatic carbocycles. The molecule has 4 aromatic rings. The smallest absolute Gasteiger partial charge is 0.337 e. The highest BCUT2D eigenvalue weighted by Crippen LogP contribution is 2.17. The zero-order chi connectivity index (χ0) is 22.1. The number of hydrogen-bond donors (Lipinski definition) is 0. The zero-order valence-electron chi connectivity index (χ0n) is 17.5. The number of fused-ring (bicyclic) bond motifs is 1. The summed E-state index contributed by atoms with van der Waals surface area (Å²) >= 11 is 0. The van der Waals surface area contributed by atoms with Gasteiger partial charge in [-0.3, -0.25) is 14.2 Å². The Kier molecular flexibility index (Phi) is 5.29. The Balaban J connectivity index is 1.89. The molecule has 0 fully saturated rings. The third kappa shape index (κ3) is 3.56. The number of ether oxygens (including phenoxy) is 1. The second-order valence-electron chi connectivity index (χ2n) is 7.21. The van der Waals surface area contributed by atoms with Crippen LogP contribution in [-0.2, 0) is 13.1 Å². The fourth-order valence-corrected chi connectivity index (χ4v) is 3.62. The molecule has 0 radical (unpaired) electrons. The van der Waals surface area contributed by atoms with Crippen LogP contribution in [-0.4, -0.2) is 31.6 Å².